The molecule has 1 aromatic heterocycles. The first-order valence-electron chi connectivity index (χ1n) is 9.78. The van der Waals surface area contributed by atoms with Gasteiger partial charge in [-0.05, 0) is 50.5 Å². The first kappa shape index (κ1) is 20.1. The molecule has 1 aliphatic carbocycles. The molecule has 2 N–H and O–H groups in total. The second-order valence-corrected chi connectivity index (χ2v) is 7.63. The van der Waals surface area contributed by atoms with Crippen LogP contribution in [0, 0.1) is 19.7 Å². The van der Waals surface area contributed by atoms with E-state index in [1.165, 1.54) is 18.6 Å². The highest BCUT2D eigenvalue weighted by molar-refractivity contribution is 5.97. The van der Waals surface area contributed by atoms with E-state index in [0.717, 1.165) is 31.2 Å². The molecule has 28 heavy (non-hydrogen) atoms. The molecule has 1 aliphatic rings. The van der Waals surface area contributed by atoms with Crippen molar-refractivity contribution >= 4 is 11.8 Å². The number of hydrogen-bond acceptors (Lipinski definition) is 3. The molecule has 0 aliphatic heterocycles. The van der Waals surface area contributed by atoms with Crippen molar-refractivity contribution in [3.63, 3.8) is 0 Å². The number of nitrogens with one attached hydrogen (secondary N) is 2. The molecular weight excluding hydrogens is 359 g/mol. The van der Waals surface area contributed by atoms with E-state index in [1.807, 2.05) is 12.1 Å². The number of hydrogen-bond donors (Lipinski definition) is 2. The second kappa shape index (κ2) is 8.59. The Bertz CT molecular complexity index is 836. The minimum atomic E-state index is -0.324. The number of carbonyl (C=O) groups excluding carboxylic acids is 2. The van der Waals surface area contributed by atoms with Crippen LogP contribution in [0.4, 0.5) is 4.39 Å². The summed E-state index contributed by atoms with van der Waals surface area (Å²) < 4.78 is 18.7. The van der Waals surface area contributed by atoms with Crippen molar-refractivity contribution in [1.29, 1.82) is 0 Å². The third-order valence-electron chi connectivity index (χ3n) is 5.59. The fraction of sp³-hybridized carbons (Fsp3) is 0.455. The molecule has 1 heterocycles. The van der Waals surface area contributed by atoms with Gasteiger partial charge in [0, 0.05) is 12.0 Å². The Kier molecular flexibility index (Phi) is 6.17. The van der Waals surface area contributed by atoms with Gasteiger partial charge in [-0.2, -0.15) is 0 Å². The van der Waals surface area contributed by atoms with Crippen LogP contribution in [-0.4, -0.2) is 24.9 Å². The average Bonchev–Trinajstić information content (AvgIpc) is 3.04. The highest BCUT2D eigenvalue weighted by Gasteiger charge is 2.34. The van der Waals surface area contributed by atoms with E-state index in [9.17, 15) is 14.0 Å². The van der Waals surface area contributed by atoms with Crippen LogP contribution in [0.25, 0.3) is 0 Å². The zero-order valence-corrected chi connectivity index (χ0v) is 16.4. The highest BCUT2D eigenvalue weighted by atomic mass is 19.1. The van der Waals surface area contributed by atoms with Crippen LogP contribution in [0.1, 0.15) is 59.5 Å². The molecule has 1 saturated carbocycles. The normalized spacial score (nSPS) is 15.8. The van der Waals surface area contributed by atoms with Gasteiger partial charge < -0.3 is 15.1 Å². The van der Waals surface area contributed by atoms with Crippen molar-refractivity contribution in [3.8, 4) is 0 Å². The third kappa shape index (κ3) is 4.61. The van der Waals surface area contributed by atoms with Crippen LogP contribution >= 0.6 is 0 Å². The Morgan fingerprint density at radius 2 is 1.75 bits per heavy atom. The smallest absolute Gasteiger partial charge is 0.255 e. The number of benzene rings is 1. The summed E-state index contributed by atoms with van der Waals surface area (Å²) in [6.45, 7) is 3.88. The van der Waals surface area contributed by atoms with Crippen LogP contribution in [0.15, 0.2) is 34.7 Å². The number of aryl methyl sites for hydroxylation is 2. The van der Waals surface area contributed by atoms with E-state index < -0.39 is 0 Å². The summed E-state index contributed by atoms with van der Waals surface area (Å²) in [5.74, 6) is 0.374. The number of rotatable bonds is 6. The fourth-order valence-electron chi connectivity index (χ4n) is 4.04. The van der Waals surface area contributed by atoms with E-state index in [2.05, 4.69) is 10.6 Å². The lowest BCUT2D eigenvalue weighted by molar-refractivity contribution is -0.120. The van der Waals surface area contributed by atoms with Gasteiger partial charge in [0.05, 0.1) is 12.1 Å². The number of amides is 2. The molecule has 1 aromatic carbocycles. The molecule has 1 fully saturated rings. The van der Waals surface area contributed by atoms with Gasteiger partial charge in [0.2, 0.25) is 5.91 Å². The molecule has 3 rings (SSSR count). The van der Waals surface area contributed by atoms with Gasteiger partial charge in [0.15, 0.2) is 0 Å². The van der Waals surface area contributed by atoms with Crippen LogP contribution in [-0.2, 0) is 10.2 Å². The van der Waals surface area contributed by atoms with Crippen molar-refractivity contribution in [2.75, 3.05) is 13.1 Å². The van der Waals surface area contributed by atoms with Gasteiger partial charge in [0.25, 0.3) is 5.91 Å². The van der Waals surface area contributed by atoms with Gasteiger partial charge in [-0.1, -0.05) is 31.4 Å². The Morgan fingerprint density at radius 3 is 2.36 bits per heavy atom. The summed E-state index contributed by atoms with van der Waals surface area (Å²) in [6, 6.07) is 8.25. The van der Waals surface area contributed by atoms with E-state index >= 15 is 0 Å². The quantitative estimate of drug-likeness (QED) is 0.794. The predicted molar refractivity (Wildman–Crippen MR) is 105 cm³/mol. The lowest BCUT2D eigenvalue weighted by Crippen LogP contribution is -2.45. The maximum atomic E-state index is 13.3. The zero-order valence-electron chi connectivity index (χ0n) is 16.4. The van der Waals surface area contributed by atoms with Crippen molar-refractivity contribution in [2.24, 2.45) is 0 Å². The van der Waals surface area contributed by atoms with Gasteiger partial charge in [-0.3, -0.25) is 9.59 Å². The monoisotopic (exact) mass is 386 g/mol. The lowest BCUT2D eigenvalue weighted by Gasteiger charge is -2.38. The molecule has 0 atom stereocenters. The molecule has 2 aromatic rings. The Hall–Kier alpha value is -2.63. The van der Waals surface area contributed by atoms with Gasteiger partial charge in [-0.15, -0.1) is 0 Å². The van der Waals surface area contributed by atoms with Crippen molar-refractivity contribution in [2.45, 2.75) is 51.4 Å². The second-order valence-electron chi connectivity index (χ2n) is 7.63. The van der Waals surface area contributed by atoms with Crippen LogP contribution in [0.3, 0.4) is 0 Å². The summed E-state index contributed by atoms with van der Waals surface area (Å²) in [5.41, 5.74) is 1.33. The van der Waals surface area contributed by atoms with Crippen molar-refractivity contribution < 1.29 is 18.4 Å². The van der Waals surface area contributed by atoms with Crippen LogP contribution in [0.2, 0.25) is 0 Å². The van der Waals surface area contributed by atoms with Crippen molar-refractivity contribution in [1.82, 2.24) is 10.6 Å². The molecule has 5 nitrogen and oxygen atoms in total. The number of furan rings is 1. The van der Waals surface area contributed by atoms with Gasteiger partial charge in [-0.25, -0.2) is 4.39 Å². The van der Waals surface area contributed by atoms with E-state index in [0.29, 0.717) is 23.6 Å². The van der Waals surface area contributed by atoms with Crippen molar-refractivity contribution in [3.05, 3.63) is 58.8 Å². The topological polar surface area (TPSA) is 71.3 Å². The fourth-order valence-corrected chi connectivity index (χ4v) is 4.04. The molecule has 0 saturated heterocycles. The molecule has 2 amide bonds. The van der Waals surface area contributed by atoms with E-state index in [1.54, 1.807) is 19.9 Å². The average molecular weight is 386 g/mol. The van der Waals surface area contributed by atoms with Crippen LogP contribution < -0.4 is 10.6 Å². The lowest BCUT2D eigenvalue weighted by atomic mass is 9.69. The van der Waals surface area contributed by atoms with E-state index in [4.69, 9.17) is 4.42 Å². The summed E-state index contributed by atoms with van der Waals surface area (Å²) >= 11 is 0. The molecule has 0 bridgehead atoms. The Balaban J connectivity index is 1.58. The number of carbonyl (C=O) groups is 2. The molecule has 0 radical (unpaired) electrons. The molecule has 6 heteroatoms. The maximum absolute atomic E-state index is 13.3. The zero-order chi connectivity index (χ0) is 20.1. The van der Waals surface area contributed by atoms with Gasteiger partial charge in [0.1, 0.15) is 17.3 Å². The minimum absolute atomic E-state index is 0.0952. The summed E-state index contributed by atoms with van der Waals surface area (Å²) in [7, 11) is 0. The van der Waals surface area contributed by atoms with E-state index in [-0.39, 0.29) is 29.6 Å². The summed E-state index contributed by atoms with van der Waals surface area (Å²) in [4.78, 5) is 24.5. The Labute approximate surface area is 164 Å². The SMILES string of the molecule is Cc1cc(C(=O)NCC(=O)NCC2(c3ccc(F)cc3)CCCCC2)c(C)o1. The summed E-state index contributed by atoms with van der Waals surface area (Å²) in [5, 5.41) is 5.60. The standard InChI is InChI=1S/C22H27FN2O3/c1-15-12-19(16(2)28-15)21(27)24-13-20(26)25-14-22(10-4-3-5-11-22)17-6-8-18(23)9-7-17/h6-9,12H,3-5,10-11,13-14H2,1-2H3,(H,24,27)(H,25,26). The maximum Gasteiger partial charge on any atom is 0.255 e. The van der Waals surface area contributed by atoms with Crippen LogP contribution in [0.5, 0.6) is 0 Å². The molecular formula is C22H27FN2O3. The minimum Gasteiger partial charge on any atom is -0.466 e. The first-order chi connectivity index (χ1) is 13.4. The molecule has 150 valence electrons. The first-order valence-corrected chi connectivity index (χ1v) is 9.78. The molecule has 0 spiro atoms. The Morgan fingerprint density at radius 1 is 1.07 bits per heavy atom. The number of halogens is 1. The summed E-state index contributed by atoms with van der Waals surface area (Å²) in [6.07, 6.45) is 5.26. The highest BCUT2D eigenvalue weighted by Crippen LogP contribution is 2.39. The van der Waals surface area contributed by atoms with Gasteiger partial charge >= 0.3 is 0 Å². The molecule has 0 unspecified atom stereocenters. The largest absolute Gasteiger partial charge is 0.466 e. The predicted octanol–water partition coefficient (Wildman–Crippen LogP) is 3.78. The third-order valence-corrected chi connectivity index (χ3v) is 5.59.